The first-order chi connectivity index (χ1) is 14.4. The van der Waals surface area contributed by atoms with E-state index in [-0.39, 0.29) is 6.04 Å². The Balaban J connectivity index is 1.57. The molecule has 2 aromatic heterocycles. The van der Waals surface area contributed by atoms with Crippen LogP contribution in [0.4, 0.5) is 5.95 Å². The zero-order valence-corrected chi connectivity index (χ0v) is 16.3. The van der Waals surface area contributed by atoms with E-state index in [0.29, 0.717) is 19.8 Å². The van der Waals surface area contributed by atoms with E-state index in [2.05, 4.69) is 39.8 Å². The number of hydrogen-bond acceptors (Lipinski definition) is 6. The Morgan fingerprint density at radius 2 is 1.97 bits per heavy atom. The summed E-state index contributed by atoms with van der Waals surface area (Å²) in [6.07, 6.45) is 8.28. The van der Waals surface area contributed by atoms with Crippen molar-refractivity contribution in [1.29, 1.82) is 0 Å². The number of ether oxygens (including phenoxy) is 2. The summed E-state index contributed by atoms with van der Waals surface area (Å²) in [5, 5.41) is 0. The lowest BCUT2D eigenvalue weighted by molar-refractivity contribution is 0.122. The molecule has 7 heteroatoms. The fraction of sp³-hybridized carbons (Fsp3) is 0.409. The average Bonchev–Trinajstić information content (AvgIpc) is 3.53. The van der Waals surface area contributed by atoms with E-state index < -0.39 is 0 Å². The highest BCUT2D eigenvalue weighted by molar-refractivity contribution is 5.92. The number of imidazole rings is 1. The Labute approximate surface area is 169 Å². The molecular formula is C22H23N5O2. The van der Waals surface area contributed by atoms with Crippen molar-refractivity contribution in [3.05, 3.63) is 41.7 Å². The van der Waals surface area contributed by atoms with Gasteiger partial charge in [-0.25, -0.2) is 9.97 Å². The third kappa shape index (κ3) is 2.84. The number of hydrogen-bond donors (Lipinski definition) is 0. The predicted octanol–water partition coefficient (Wildman–Crippen LogP) is 2.86. The molecule has 7 nitrogen and oxygen atoms in total. The fourth-order valence-corrected chi connectivity index (χ4v) is 4.50. The lowest BCUT2D eigenvalue weighted by atomic mass is 10.0. The van der Waals surface area contributed by atoms with Crippen LogP contribution in [0.3, 0.4) is 0 Å². The van der Waals surface area contributed by atoms with Crippen LogP contribution in [0.2, 0.25) is 0 Å². The largest absolute Gasteiger partial charge is 0.379 e. The number of anilines is 1. The minimum absolute atomic E-state index is 0.279. The summed E-state index contributed by atoms with van der Waals surface area (Å²) in [7, 11) is 0. The summed E-state index contributed by atoms with van der Waals surface area (Å²) in [4.78, 5) is 17.0. The predicted molar refractivity (Wildman–Crippen MR) is 111 cm³/mol. The van der Waals surface area contributed by atoms with Gasteiger partial charge >= 0.3 is 0 Å². The van der Waals surface area contributed by atoms with Crippen molar-refractivity contribution in [3.63, 3.8) is 0 Å². The second-order valence-electron chi connectivity index (χ2n) is 7.80. The lowest BCUT2D eigenvalue weighted by Gasteiger charge is -2.27. The van der Waals surface area contributed by atoms with Crippen LogP contribution >= 0.6 is 0 Å². The molecule has 0 saturated carbocycles. The maximum absolute atomic E-state index is 5.62. The molecule has 3 aromatic rings. The molecule has 2 fully saturated rings. The van der Waals surface area contributed by atoms with Crippen LogP contribution in [0.5, 0.6) is 0 Å². The summed E-state index contributed by atoms with van der Waals surface area (Å²) in [6, 6.07) is 6.73. The molecule has 1 unspecified atom stereocenters. The van der Waals surface area contributed by atoms with E-state index in [0.717, 1.165) is 60.9 Å². The van der Waals surface area contributed by atoms with Crippen LogP contribution in [0.15, 0.2) is 30.6 Å². The van der Waals surface area contributed by atoms with Crippen LogP contribution in [-0.4, -0.2) is 59.0 Å². The van der Waals surface area contributed by atoms with Crippen LogP contribution < -0.4 is 4.90 Å². The smallest absolute Gasteiger partial charge is 0.228 e. The maximum Gasteiger partial charge on any atom is 0.228 e. The molecule has 6 rings (SSSR count). The van der Waals surface area contributed by atoms with Crippen LogP contribution in [0.1, 0.15) is 23.6 Å². The van der Waals surface area contributed by atoms with Gasteiger partial charge in [0.05, 0.1) is 32.2 Å². The Morgan fingerprint density at radius 3 is 2.83 bits per heavy atom. The quantitative estimate of drug-likeness (QED) is 0.686. The van der Waals surface area contributed by atoms with E-state index >= 15 is 0 Å². The standard InChI is InChI=1S/C22H23N5O2/c1-3-15-4-2-6-18(17(15)5-1)19-20-21(27(14-23-20)16-7-10-29-13-16)25-22(24-19)26-8-11-28-12-9-26/h1-2,4-6,14,16H,3,7-13H2. The molecule has 148 valence electrons. The molecule has 2 saturated heterocycles. The van der Waals surface area contributed by atoms with Gasteiger partial charge < -0.3 is 18.9 Å². The first kappa shape index (κ1) is 17.1. The molecule has 2 aliphatic heterocycles. The van der Waals surface area contributed by atoms with Gasteiger partial charge in [0.15, 0.2) is 5.65 Å². The number of fused-ring (bicyclic) bond motifs is 2. The van der Waals surface area contributed by atoms with E-state index in [1.165, 1.54) is 11.1 Å². The molecular weight excluding hydrogens is 366 g/mol. The molecule has 29 heavy (non-hydrogen) atoms. The van der Waals surface area contributed by atoms with Crippen molar-refractivity contribution in [2.24, 2.45) is 0 Å². The number of aromatic nitrogens is 4. The summed E-state index contributed by atoms with van der Waals surface area (Å²) in [5.74, 6) is 0.760. The van der Waals surface area contributed by atoms with E-state index in [1.54, 1.807) is 0 Å². The highest BCUT2D eigenvalue weighted by Crippen LogP contribution is 2.35. The van der Waals surface area contributed by atoms with Gasteiger partial charge in [-0.15, -0.1) is 0 Å². The molecule has 0 spiro atoms. The van der Waals surface area contributed by atoms with Crippen LogP contribution in [-0.2, 0) is 15.9 Å². The number of rotatable bonds is 3. The van der Waals surface area contributed by atoms with Crippen molar-refractivity contribution in [3.8, 4) is 11.3 Å². The molecule has 4 heterocycles. The highest BCUT2D eigenvalue weighted by atomic mass is 16.5. The molecule has 3 aliphatic rings. The first-order valence-electron chi connectivity index (χ1n) is 10.3. The summed E-state index contributed by atoms with van der Waals surface area (Å²) < 4.78 is 13.3. The number of morpholine rings is 1. The van der Waals surface area contributed by atoms with Crippen LogP contribution in [0.25, 0.3) is 28.5 Å². The van der Waals surface area contributed by atoms with Gasteiger partial charge in [-0.1, -0.05) is 30.4 Å². The third-order valence-corrected chi connectivity index (χ3v) is 6.08. The maximum atomic E-state index is 5.62. The van der Waals surface area contributed by atoms with Gasteiger partial charge in [-0.05, 0) is 24.0 Å². The minimum atomic E-state index is 0.279. The van der Waals surface area contributed by atoms with E-state index in [4.69, 9.17) is 24.4 Å². The molecule has 1 atom stereocenters. The van der Waals surface area contributed by atoms with Gasteiger partial charge in [0, 0.05) is 25.3 Å². The Bertz CT molecular complexity index is 1090. The minimum Gasteiger partial charge on any atom is -0.379 e. The Hall–Kier alpha value is -2.77. The zero-order valence-electron chi connectivity index (χ0n) is 16.3. The monoisotopic (exact) mass is 389 g/mol. The third-order valence-electron chi connectivity index (χ3n) is 6.08. The second-order valence-corrected chi connectivity index (χ2v) is 7.80. The topological polar surface area (TPSA) is 65.3 Å². The normalized spacial score (nSPS) is 21.2. The molecule has 1 aliphatic carbocycles. The summed E-state index contributed by atoms with van der Waals surface area (Å²) in [6.45, 7) is 4.51. The van der Waals surface area contributed by atoms with Crippen molar-refractivity contribution in [2.45, 2.75) is 18.9 Å². The Morgan fingerprint density at radius 1 is 1.03 bits per heavy atom. The van der Waals surface area contributed by atoms with Gasteiger partial charge in [0.1, 0.15) is 11.2 Å². The van der Waals surface area contributed by atoms with Gasteiger partial charge in [0.25, 0.3) is 0 Å². The molecule has 0 radical (unpaired) electrons. The van der Waals surface area contributed by atoms with Gasteiger partial charge in [-0.3, -0.25) is 0 Å². The van der Waals surface area contributed by atoms with Gasteiger partial charge in [-0.2, -0.15) is 4.98 Å². The number of allylic oxidation sites excluding steroid dienone is 1. The first-order valence-corrected chi connectivity index (χ1v) is 10.3. The fourth-order valence-electron chi connectivity index (χ4n) is 4.50. The van der Waals surface area contributed by atoms with Crippen molar-refractivity contribution in [1.82, 2.24) is 19.5 Å². The molecule has 1 aromatic carbocycles. The summed E-state index contributed by atoms with van der Waals surface area (Å²) in [5.41, 5.74) is 6.39. The van der Waals surface area contributed by atoms with Crippen molar-refractivity contribution >= 4 is 23.2 Å². The SMILES string of the molecule is C1=Cc2c(cccc2-c2nc(N3CCOCC3)nc3c2ncn3C2CCOC2)C1. The average molecular weight is 389 g/mol. The zero-order chi connectivity index (χ0) is 19.2. The Kier molecular flexibility index (Phi) is 4.09. The van der Waals surface area contributed by atoms with E-state index in [1.807, 2.05) is 6.33 Å². The van der Waals surface area contributed by atoms with Gasteiger partial charge in [0.2, 0.25) is 5.95 Å². The molecule has 0 N–H and O–H groups in total. The van der Waals surface area contributed by atoms with Crippen molar-refractivity contribution < 1.29 is 9.47 Å². The molecule has 0 amide bonds. The number of nitrogens with zero attached hydrogens (tertiary/aromatic N) is 5. The van der Waals surface area contributed by atoms with Crippen molar-refractivity contribution in [2.75, 3.05) is 44.4 Å². The summed E-state index contributed by atoms with van der Waals surface area (Å²) >= 11 is 0. The number of benzene rings is 1. The molecule has 0 bridgehead atoms. The van der Waals surface area contributed by atoms with E-state index in [9.17, 15) is 0 Å². The second kappa shape index (κ2) is 6.93. The lowest BCUT2D eigenvalue weighted by Crippen LogP contribution is -2.37. The highest BCUT2D eigenvalue weighted by Gasteiger charge is 2.25. The van der Waals surface area contributed by atoms with Crippen LogP contribution in [0, 0.1) is 0 Å².